The molecule has 3 rings (SSSR count). The van der Waals surface area contributed by atoms with Crippen LogP contribution < -0.4 is 14.8 Å². The average Bonchev–Trinajstić information content (AvgIpc) is 2.77. The van der Waals surface area contributed by atoms with Gasteiger partial charge in [0.05, 0.1) is 0 Å². The number of benzene rings is 2. The highest BCUT2D eigenvalue weighted by atomic mass is 16.6. The third-order valence-electron chi connectivity index (χ3n) is 5.00. The lowest BCUT2D eigenvalue weighted by Crippen LogP contribution is -2.29. The molecular weight excluding hydrogens is 382 g/mol. The molecule has 158 valence electrons. The van der Waals surface area contributed by atoms with Crippen LogP contribution in [0.2, 0.25) is 0 Å². The number of para-hydroxylation sites is 1. The maximum absolute atomic E-state index is 12.5. The molecule has 0 aromatic heterocycles. The van der Waals surface area contributed by atoms with E-state index in [0.29, 0.717) is 30.6 Å². The normalized spacial score (nSPS) is 14.8. The van der Waals surface area contributed by atoms with E-state index in [9.17, 15) is 9.59 Å². The minimum absolute atomic E-state index is 0.313. The highest BCUT2D eigenvalue weighted by Gasteiger charge is 2.19. The summed E-state index contributed by atoms with van der Waals surface area (Å²) in [6.07, 6.45) is 2.95. The van der Waals surface area contributed by atoms with Crippen LogP contribution in [0.3, 0.4) is 0 Å². The first-order chi connectivity index (χ1) is 14.5. The Hall–Kier alpha value is -3.28. The average molecular weight is 409 g/mol. The molecule has 0 unspecified atom stereocenters. The van der Waals surface area contributed by atoms with E-state index in [1.165, 1.54) is 6.08 Å². The van der Waals surface area contributed by atoms with Crippen molar-refractivity contribution < 1.29 is 23.8 Å². The van der Waals surface area contributed by atoms with Gasteiger partial charge < -0.3 is 19.5 Å². The van der Waals surface area contributed by atoms with Crippen LogP contribution in [0.5, 0.6) is 11.5 Å². The molecule has 0 aliphatic carbocycles. The van der Waals surface area contributed by atoms with Gasteiger partial charge >= 0.3 is 5.97 Å². The number of amides is 1. The number of nitrogens with one attached hydrogen (secondary N) is 1. The van der Waals surface area contributed by atoms with E-state index in [0.717, 1.165) is 23.2 Å². The van der Waals surface area contributed by atoms with E-state index in [1.807, 2.05) is 30.3 Å². The van der Waals surface area contributed by atoms with Crippen LogP contribution in [-0.2, 0) is 14.3 Å². The second-order valence-electron chi connectivity index (χ2n) is 7.20. The molecule has 0 saturated carbocycles. The van der Waals surface area contributed by atoms with Crippen LogP contribution in [0.1, 0.15) is 44.2 Å². The third-order valence-corrected chi connectivity index (χ3v) is 5.00. The largest absolute Gasteiger partial charge is 0.486 e. The van der Waals surface area contributed by atoms with Gasteiger partial charge in [0.2, 0.25) is 0 Å². The summed E-state index contributed by atoms with van der Waals surface area (Å²) in [5.41, 5.74) is 2.58. The van der Waals surface area contributed by atoms with Gasteiger partial charge in [0.25, 0.3) is 5.91 Å². The van der Waals surface area contributed by atoms with Crippen molar-refractivity contribution in [2.75, 3.05) is 18.5 Å². The smallest absolute Gasteiger partial charge is 0.331 e. The topological polar surface area (TPSA) is 73.9 Å². The summed E-state index contributed by atoms with van der Waals surface area (Å²) in [6.45, 7) is 6.78. The van der Waals surface area contributed by atoms with Crippen LogP contribution in [0.15, 0.2) is 48.5 Å². The number of ether oxygens (including phenoxy) is 3. The van der Waals surface area contributed by atoms with Gasteiger partial charge in [-0.25, -0.2) is 4.79 Å². The number of carbonyl (C=O) groups is 2. The van der Waals surface area contributed by atoms with Crippen molar-refractivity contribution in [2.24, 2.45) is 0 Å². The van der Waals surface area contributed by atoms with E-state index < -0.39 is 12.1 Å². The molecular formula is C24H27NO5. The molecule has 6 heteroatoms. The molecule has 6 nitrogen and oxygen atoms in total. The van der Waals surface area contributed by atoms with Crippen molar-refractivity contribution in [1.82, 2.24) is 0 Å². The molecule has 1 aliphatic rings. The Kier molecular flexibility index (Phi) is 7.12. The number of rotatable bonds is 7. The second-order valence-corrected chi connectivity index (χ2v) is 7.20. The van der Waals surface area contributed by atoms with E-state index in [-0.39, 0.29) is 5.91 Å². The molecule has 2 atom stereocenters. The van der Waals surface area contributed by atoms with Gasteiger partial charge in [-0.05, 0) is 54.7 Å². The Morgan fingerprint density at radius 2 is 1.83 bits per heavy atom. The van der Waals surface area contributed by atoms with Crippen LogP contribution in [0.25, 0.3) is 6.08 Å². The summed E-state index contributed by atoms with van der Waals surface area (Å²) < 4.78 is 16.3. The Balaban J connectivity index is 1.58. The van der Waals surface area contributed by atoms with Crippen LogP contribution in [-0.4, -0.2) is 31.2 Å². The number of fused-ring (bicyclic) bond motifs is 1. The number of anilines is 1. The first-order valence-electron chi connectivity index (χ1n) is 10.2. The van der Waals surface area contributed by atoms with Crippen molar-refractivity contribution in [2.45, 2.75) is 39.2 Å². The Bertz CT molecular complexity index is 937. The van der Waals surface area contributed by atoms with Gasteiger partial charge in [-0.1, -0.05) is 38.1 Å². The van der Waals surface area contributed by atoms with Crippen molar-refractivity contribution in [1.29, 1.82) is 0 Å². The predicted molar refractivity (Wildman–Crippen MR) is 116 cm³/mol. The molecule has 30 heavy (non-hydrogen) atoms. The minimum Gasteiger partial charge on any atom is -0.486 e. The third kappa shape index (κ3) is 5.41. The standard InChI is InChI=1S/C24H27NO5/c1-4-16(2)19-7-5-6-8-20(19)25-24(27)17(3)30-23(26)12-10-18-9-11-21-22(15-18)29-14-13-28-21/h5-12,15-17H,4,13-14H2,1-3H3,(H,25,27)/b12-10+/t16-,17+/m0/s1. The van der Waals surface area contributed by atoms with Crippen molar-refractivity contribution in [3.8, 4) is 11.5 Å². The Labute approximate surface area is 176 Å². The number of esters is 1. The Morgan fingerprint density at radius 1 is 1.10 bits per heavy atom. The van der Waals surface area contributed by atoms with E-state index in [1.54, 1.807) is 25.1 Å². The summed E-state index contributed by atoms with van der Waals surface area (Å²) in [5.74, 6) is 0.677. The Morgan fingerprint density at radius 3 is 2.60 bits per heavy atom. The van der Waals surface area contributed by atoms with Crippen LogP contribution >= 0.6 is 0 Å². The number of hydrogen-bond donors (Lipinski definition) is 1. The second kappa shape index (κ2) is 9.96. The maximum Gasteiger partial charge on any atom is 0.331 e. The SMILES string of the molecule is CC[C@H](C)c1ccccc1NC(=O)[C@@H](C)OC(=O)/C=C/c1ccc2c(c1)OCCO2. The molecule has 2 aromatic carbocycles. The maximum atomic E-state index is 12.5. The van der Waals surface area contributed by atoms with Gasteiger partial charge in [-0.2, -0.15) is 0 Å². The highest BCUT2D eigenvalue weighted by Crippen LogP contribution is 2.31. The quantitative estimate of drug-likeness (QED) is 0.536. The molecule has 1 aliphatic heterocycles. The fourth-order valence-electron chi connectivity index (χ4n) is 3.09. The van der Waals surface area contributed by atoms with E-state index in [4.69, 9.17) is 14.2 Å². The first-order valence-corrected chi connectivity index (χ1v) is 10.2. The lowest BCUT2D eigenvalue weighted by atomic mass is 9.97. The summed E-state index contributed by atoms with van der Waals surface area (Å²) in [4.78, 5) is 24.7. The van der Waals surface area contributed by atoms with Crippen molar-refractivity contribution in [3.05, 3.63) is 59.7 Å². The zero-order valence-electron chi connectivity index (χ0n) is 17.5. The summed E-state index contributed by atoms with van der Waals surface area (Å²) in [6, 6.07) is 13.1. The molecule has 0 fully saturated rings. The summed E-state index contributed by atoms with van der Waals surface area (Å²) in [7, 11) is 0. The van der Waals surface area contributed by atoms with Crippen LogP contribution in [0.4, 0.5) is 5.69 Å². The zero-order chi connectivity index (χ0) is 21.5. The fourth-order valence-corrected chi connectivity index (χ4v) is 3.09. The lowest BCUT2D eigenvalue weighted by Gasteiger charge is -2.18. The van der Waals surface area contributed by atoms with Gasteiger partial charge in [-0.15, -0.1) is 0 Å². The molecule has 1 amide bonds. The molecule has 1 heterocycles. The molecule has 0 radical (unpaired) electrons. The van der Waals surface area contributed by atoms with Gasteiger partial charge in [0.15, 0.2) is 17.6 Å². The van der Waals surface area contributed by atoms with Gasteiger partial charge in [0, 0.05) is 11.8 Å². The molecule has 2 aromatic rings. The van der Waals surface area contributed by atoms with Gasteiger partial charge in [0.1, 0.15) is 13.2 Å². The fraction of sp³-hybridized carbons (Fsp3) is 0.333. The number of hydrogen-bond acceptors (Lipinski definition) is 5. The summed E-state index contributed by atoms with van der Waals surface area (Å²) in [5, 5.41) is 2.87. The predicted octanol–water partition coefficient (Wildman–Crippen LogP) is 4.55. The molecule has 0 bridgehead atoms. The highest BCUT2D eigenvalue weighted by molar-refractivity contribution is 5.97. The zero-order valence-corrected chi connectivity index (χ0v) is 17.5. The molecule has 1 N–H and O–H groups in total. The van der Waals surface area contributed by atoms with Crippen molar-refractivity contribution in [3.63, 3.8) is 0 Å². The lowest BCUT2D eigenvalue weighted by molar-refractivity contribution is -0.148. The van der Waals surface area contributed by atoms with E-state index in [2.05, 4.69) is 19.2 Å². The molecule has 0 spiro atoms. The minimum atomic E-state index is -0.924. The summed E-state index contributed by atoms with van der Waals surface area (Å²) >= 11 is 0. The first kappa shape index (κ1) is 21.4. The monoisotopic (exact) mass is 409 g/mol. The number of carbonyl (C=O) groups excluding carboxylic acids is 2. The van der Waals surface area contributed by atoms with Gasteiger partial charge in [-0.3, -0.25) is 4.79 Å². The van der Waals surface area contributed by atoms with Crippen LogP contribution in [0, 0.1) is 0 Å². The van der Waals surface area contributed by atoms with Crippen molar-refractivity contribution >= 4 is 23.6 Å². The molecule has 0 saturated heterocycles. The van der Waals surface area contributed by atoms with E-state index >= 15 is 0 Å².